The number of nitrogens with zero attached hydrogens (tertiary/aromatic N) is 5. The van der Waals surface area contributed by atoms with Crippen LogP contribution >= 0.6 is 0 Å². The van der Waals surface area contributed by atoms with Crippen molar-refractivity contribution in [3.05, 3.63) is 12.2 Å². The van der Waals surface area contributed by atoms with Gasteiger partial charge in [-0.25, -0.2) is 4.99 Å². The third kappa shape index (κ3) is 8.01. The van der Waals surface area contributed by atoms with Gasteiger partial charge >= 0.3 is 0 Å². The van der Waals surface area contributed by atoms with Crippen molar-refractivity contribution in [2.75, 3.05) is 0 Å². The van der Waals surface area contributed by atoms with Crippen molar-refractivity contribution >= 4 is 17.8 Å². The predicted molar refractivity (Wildman–Crippen MR) is 40.0 cm³/mol. The van der Waals surface area contributed by atoms with Gasteiger partial charge in [0.2, 0.25) is 0 Å². The van der Waals surface area contributed by atoms with Crippen molar-refractivity contribution in [2.45, 2.75) is 0 Å². The van der Waals surface area contributed by atoms with Gasteiger partial charge in [0, 0.05) is 44.9 Å². The molecule has 7 nitrogen and oxygen atoms in total. The summed E-state index contributed by atoms with van der Waals surface area (Å²) < 4.78 is 0. The molecule has 0 spiro atoms. The Morgan fingerprint density at radius 3 is 1.77 bits per heavy atom. The van der Waals surface area contributed by atoms with Gasteiger partial charge in [-0.2, -0.15) is 0 Å². The van der Waals surface area contributed by atoms with E-state index in [1.165, 1.54) is 12.3 Å². The summed E-state index contributed by atoms with van der Waals surface area (Å²) >= 11 is 0. The van der Waals surface area contributed by atoms with Crippen LogP contribution in [0.2, 0.25) is 0 Å². The standard InChI is InChI=1S/C5H5N3.Fe.2N2/c6-4-2-1-3-8-5(4)7;;2*1-2/h1-3,6-7H;;;. The average Bonchev–Trinajstić information content (AvgIpc) is 2.17. The van der Waals surface area contributed by atoms with Gasteiger partial charge in [-0.05, 0) is 12.2 Å². The first-order valence-electron chi connectivity index (χ1n) is 2.59. The minimum Gasteiger partial charge on any atom is -0.297 e. The molecule has 0 radical (unpaired) electrons. The smallest absolute Gasteiger partial charge is 0.169 e. The largest absolute Gasteiger partial charge is 0.297 e. The molecule has 0 atom stereocenters. The quantitative estimate of drug-likeness (QED) is 0.453. The number of amidine groups is 1. The topological polar surface area (TPSA) is 155 Å². The van der Waals surface area contributed by atoms with Crippen molar-refractivity contribution < 1.29 is 17.1 Å². The summed E-state index contributed by atoms with van der Waals surface area (Å²) in [6, 6.07) is 0. The monoisotopic (exact) mass is 219 g/mol. The van der Waals surface area contributed by atoms with Crippen LogP contribution in [0, 0.1) is 32.4 Å². The van der Waals surface area contributed by atoms with E-state index in [1.54, 1.807) is 6.08 Å². The Balaban J connectivity index is -0.000000178. The van der Waals surface area contributed by atoms with E-state index >= 15 is 0 Å². The number of hydrogen-bond acceptors (Lipinski definition) is 6. The molecule has 0 saturated heterocycles. The van der Waals surface area contributed by atoms with Crippen LogP contribution < -0.4 is 0 Å². The van der Waals surface area contributed by atoms with Crippen LogP contribution in [-0.4, -0.2) is 17.8 Å². The van der Waals surface area contributed by atoms with Gasteiger partial charge in [-0.1, -0.05) is 0 Å². The first kappa shape index (κ1) is 17.3. The van der Waals surface area contributed by atoms with Crippen molar-refractivity contribution in [2.24, 2.45) is 4.99 Å². The van der Waals surface area contributed by atoms with Crippen LogP contribution in [0.15, 0.2) is 17.1 Å². The predicted octanol–water partition coefficient (Wildman–Crippen LogP) is 0.682. The van der Waals surface area contributed by atoms with Gasteiger partial charge in [0.15, 0.2) is 5.84 Å². The number of allylic oxidation sites excluding steroid dienone is 1. The van der Waals surface area contributed by atoms with Gasteiger partial charge in [0.25, 0.3) is 0 Å². The SMILES string of the molecule is N#N.N#N.N=C1C=CC=NC1=N.[Fe]. The molecule has 0 aromatic heterocycles. The molecule has 1 aliphatic heterocycles. The maximum atomic E-state index is 6.97. The van der Waals surface area contributed by atoms with Gasteiger partial charge in [0.05, 0.1) is 5.71 Å². The fourth-order valence-electron chi connectivity index (χ4n) is 0.405. The number of rotatable bonds is 0. The maximum Gasteiger partial charge on any atom is 0.169 e. The molecule has 0 unspecified atom stereocenters. The molecule has 0 bridgehead atoms. The van der Waals surface area contributed by atoms with E-state index in [4.69, 9.17) is 32.4 Å². The van der Waals surface area contributed by atoms with E-state index in [2.05, 4.69) is 4.99 Å². The Labute approximate surface area is 84.9 Å². The zero-order valence-corrected chi connectivity index (χ0v) is 7.43. The summed E-state index contributed by atoms with van der Waals surface area (Å²) in [4.78, 5) is 3.56. The first-order valence-corrected chi connectivity index (χ1v) is 2.59. The molecule has 13 heavy (non-hydrogen) atoms. The molecular formula is C5H5FeN7. The Hall–Kier alpha value is -1.89. The molecule has 0 aromatic carbocycles. The second kappa shape index (κ2) is 12.8. The summed E-state index contributed by atoms with van der Waals surface area (Å²) in [7, 11) is 0. The molecule has 0 amide bonds. The van der Waals surface area contributed by atoms with Crippen LogP contribution in [0.25, 0.3) is 0 Å². The van der Waals surface area contributed by atoms with Gasteiger partial charge in [-0.15, -0.1) is 0 Å². The van der Waals surface area contributed by atoms with Crippen LogP contribution in [0.3, 0.4) is 0 Å². The summed E-state index contributed by atoms with van der Waals surface area (Å²) in [6.45, 7) is 0. The van der Waals surface area contributed by atoms with E-state index in [9.17, 15) is 0 Å². The minimum absolute atomic E-state index is 0. The Bertz CT molecular complexity index is 233. The molecule has 0 saturated carbocycles. The van der Waals surface area contributed by atoms with E-state index in [0.29, 0.717) is 0 Å². The Morgan fingerprint density at radius 1 is 1.08 bits per heavy atom. The summed E-state index contributed by atoms with van der Waals surface area (Å²) in [6.07, 6.45) is 4.68. The second-order valence-corrected chi connectivity index (χ2v) is 1.40. The summed E-state index contributed by atoms with van der Waals surface area (Å²) in [5.41, 5.74) is 0.174. The van der Waals surface area contributed by atoms with Crippen molar-refractivity contribution in [1.29, 1.82) is 32.4 Å². The molecule has 1 aliphatic rings. The zero-order valence-electron chi connectivity index (χ0n) is 6.32. The van der Waals surface area contributed by atoms with Crippen LogP contribution in [0.5, 0.6) is 0 Å². The normalized spacial score (nSPS) is 11.1. The number of nitrogens with one attached hydrogen (secondary N) is 2. The Kier molecular flexibility index (Phi) is 16.9. The average molecular weight is 219 g/mol. The minimum atomic E-state index is 0. The maximum absolute atomic E-state index is 6.97. The zero-order chi connectivity index (χ0) is 9.98. The van der Waals surface area contributed by atoms with Crippen molar-refractivity contribution in [3.8, 4) is 0 Å². The van der Waals surface area contributed by atoms with Gasteiger partial charge in [-0.3, -0.25) is 10.8 Å². The number of hydrogen-bond donors (Lipinski definition) is 2. The van der Waals surface area contributed by atoms with Crippen LogP contribution in [0.1, 0.15) is 0 Å². The molecular weight excluding hydrogens is 214 g/mol. The Morgan fingerprint density at radius 2 is 1.54 bits per heavy atom. The second-order valence-electron chi connectivity index (χ2n) is 1.40. The molecule has 1 rings (SSSR count). The third-order valence-electron chi connectivity index (χ3n) is 0.808. The van der Waals surface area contributed by atoms with Gasteiger partial charge < -0.3 is 0 Å². The molecule has 0 aliphatic carbocycles. The van der Waals surface area contributed by atoms with E-state index in [0.717, 1.165) is 0 Å². The third-order valence-corrected chi connectivity index (χ3v) is 0.808. The van der Waals surface area contributed by atoms with Crippen molar-refractivity contribution in [1.82, 2.24) is 0 Å². The van der Waals surface area contributed by atoms with E-state index in [1.807, 2.05) is 0 Å². The fourth-order valence-corrected chi connectivity index (χ4v) is 0.405. The molecule has 2 N–H and O–H groups in total. The number of aliphatic imine (C=N–C) groups is 1. The van der Waals surface area contributed by atoms with Crippen LogP contribution in [-0.2, 0) is 17.1 Å². The van der Waals surface area contributed by atoms with E-state index in [-0.39, 0.29) is 28.6 Å². The van der Waals surface area contributed by atoms with Crippen LogP contribution in [0.4, 0.5) is 0 Å². The molecule has 0 fully saturated rings. The van der Waals surface area contributed by atoms with Gasteiger partial charge in [0.1, 0.15) is 0 Å². The summed E-state index contributed by atoms with van der Waals surface area (Å²) in [5, 5.41) is 37.9. The number of dihydropyridines is 1. The fraction of sp³-hybridized carbons (Fsp3) is 0. The molecule has 1 heterocycles. The van der Waals surface area contributed by atoms with Crippen molar-refractivity contribution in [3.63, 3.8) is 0 Å². The molecule has 68 valence electrons. The molecule has 8 heteroatoms. The summed E-state index contributed by atoms with van der Waals surface area (Å²) in [5.74, 6) is 0.0347. The first-order chi connectivity index (χ1) is 5.80. The van der Waals surface area contributed by atoms with E-state index < -0.39 is 0 Å². The molecule has 0 aromatic rings.